The van der Waals surface area contributed by atoms with Gasteiger partial charge in [-0.3, -0.25) is 0 Å². The van der Waals surface area contributed by atoms with Crippen LogP contribution in [-0.2, 0) is 6.54 Å². The van der Waals surface area contributed by atoms with Crippen molar-refractivity contribution in [2.24, 2.45) is 0 Å². The molecular formula is C14H12BrCl2N. The second-order valence-corrected chi connectivity index (χ2v) is 5.78. The van der Waals surface area contributed by atoms with E-state index in [1.807, 2.05) is 43.3 Å². The third-order valence-corrected chi connectivity index (χ3v) is 3.92. The van der Waals surface area contributed by atoms with E-state index in [9.17, 15) is 0 Å². The zero-order valence-corrected chi connectivity index (χ0v) is 12.9. The summed E-state index contributed by atoms with van der Waals surface area (Å²) in [6.45, 7) is 2.66. The number of aryl methyl sites for hydroxylation is 1. The first-order valence-corrected chi connectivity index (χ1v) is 7.05. The molecule has 1 nitrogen and oxygen atoms in total. The van der Waals surface area contributed by atoms with Crippen LogP contribution in [0.1, 0.15) is 11.1 Å². The monoisotopic (exact) mass is 343 g/mol. The Kier molecular flexibility index (Phi) is 4.55. The van der Waals surface area contributed by atoms with Gasteiger partial charge in [-0.25, -0.2) is 0 Å². The van der Waals surface area contributed by atoms with Crippen molar-refractivity contribution in [1.82, 2.24) is 0 Å². The molecule has 0 aliphatic rings. The molecule has 0 heterocycles. The van der Waals surface area contributed by atoms with Gasteiger partial charge in [-0.2, -0.15) is 0 Å². The van der Waals surface area contributed by atoms with Gasteiger partial charge in [0.05, 0.1) is 0 Å². The maximum Gasteiger partial charge on any atom is 0.0467 e. The van der Waals surface area contributed by atoms with Crippen LogP contribution in [0, 0.1) is 6.92 Å². The molecule has 0 radical (unpaired) electrons. The van der Waals surface area contributed by atoms with E-state index in [0.29, 0.717) is 6.54 Å². The molecule has 0 bridgehead atoms. The molecule has 0 saturated heterocycles. The zero-order chi connectivity index (χ0) is 13.1. The standard InChI is InChI=1S/C14H12BrCl2N/c1-9-2-5-12(7-13(9)16)18-8-10-3-4-11(15)6-14(10)17/h2-7,18H,8H2,1H3. The number of hydrogen-bond acceptors (Lipinski definition) is 1. The number of anilines is 1. The van der Waals surface area contributed by atoms with Crippen LogP contribution in [0.15, 0.2) is 40.9 Å². The van der Waals surface area contributed by atoms with Gasteiger partial charge >= 0.3 is 0 Å². The normalized spacial score (nSPS) is 10.4. The van der Waals surface area contributed by atoms with Gasteiger partial charge in [-0.05, 0) is 42.3 Å². The van der Waals surface area contributed by atoms with Gasteiger partial charge in [-0.15, -0.1) is 0 Å². The summed E-state index contributed by atoms with van der Waals surface area (Å²) in [6.07, 6.45) is 0. The lowest BCUT2D eigenvalue weighted by Crippen LogP contribution is -2.00. The predicted octanol–water partition coefficient (Wildman–Crippen LogP) is 5.68. The average Bonchev–Trinajstić information content (AvgIpc) is 2.32. The highest BCUT2D eigenvalue weighted by molar-refractivity contribution is 9.10. The van der Waals surface area contributed by atoms with Gasteiger partial charge in [-0.1, -0.05) is 51.3 Å². The number of hydrogen-bond donors (Lipinski definition) is 1. The topological polar surface area (TPSA) is 12.0 Å². The van der Waals surface area contributed by atoms with Crippen LogP contribution >= 0.6 is 39.1 Å². The Bertz CT molecular complexity index is 570. The van der Waals surface area contributed by atoms with Gasteiger partial charge in [0, 0.05) is 26.8 Å². The van der Waals surface area contributed by atoms with Crippen molar-refractivity contribution in [3.05, 3.63) is 62.0 Å². The summed E-state index contributed by atoms with van der Waals surface area (Å²) >= 11 is 15.6. The Morgan fingerprint density at radius 2 is 1.83 bits per heavy atom. The van der Waals surface area contributed by atoms with Crippen LogP contribution < -0.4 is 5.32 Å². The summed E-state index contributed by atoms with van der Waals surface area (Å²) in [5, 5.41) is 4.82. The van der Waals surface area contributed by atoms with Crippen LogP contribution in [0.2, 0.25) is 10.0 Å². The van der Waals surface area contributed by atoms with Crippen molar-refractivity contribution < 1.29 is 0 Å². The summed E-state index contributed by atoms with van der Waals surface area (Å²) in [5.74, 6) is 0. The van der Waals surface area contributed by atoms with Crippen LogP contribution in [0.5, 0.6) is 0 Å². The fourth-order valence-electron chi connectivity index (χ4n) is 1.57. The molecule has 0 saturated carbocycles. The molecule has 0 atom stereocenters. The van der Waals surface area contributed by atoms with Crippen LogP contribution in [-0.4, -0.2) is 0 Å². The summed E-state index contributed by atoms with van der Waals surface area (Å²) < 4.78 is 0.981. The maximum absolute atomic E-state index is 6.16. The van der Waals surface area contributed by atoms with Crippen molar-refractivity contribution in [2.75, 3.05) is 5.32 Å². The van der Waals surface area contributed by atoms with E-state index in [0.717, 1.165) is 31.3 Å². The average molecular weight is 345 g/mol. The van der Waals surface area contributed by atoms with Gasteiger partial charge < -0.3 is 5.32 Å². The Labute approximate surface area is 125 Å². The largest absolute Gasteiger partial charge is 0.381 e. The number of halogens is 3. The van der Waals surface area contributed by atoms with Crippen molar-refractivity contribution in [3.63, 3.8) is 0 Å². The fourth-order valence-corrected chi connectivity index (χ4v) is 2.49. The summed E-state index contributed by atoms with van der Waals surface area (Å²) in [7, 11) is 0. The van der Waals surface area contributed by atoms with E-state index >= 15 is 0 Å². The minimum Gasteiger partial charge on any atom is -0.381 e. The molecule has 4 heteroatoms. The smallest absolute Gasteiger partial charge is 0.0467 e. The molecule has 94 valence electrons. The Morgan fingerprint density at radius 1 is 1.06 bits per heavy atom. The molecular weight excluding hydrogens is 333 g/mol. The first-order valence-electron chi connectivity index (χ1n) is 5.50. The Balaban J connectivity index is 2.09. The number of nitrogens with one attached hydrogen (secondary N) is 1. The van der Waals surface area contributed by atoms with E-state index in [-0.39, 0.29) is 0 Å². The van der Waals surface area contributed by atoms with E-state index in [1.54, 1.807) is 0 Å². The molecule has 0 aliphatic carbocycles. The molecule has 1 N–H and O–H groups in total. The lowest BCUT2D eigenvalue weighted by molar-refractivity contribution is 1.15. The Hall–Kier alpha value is -0.700. The lowest BCUT2D eigenvalue weighted by atomic mass is 10.2. The Morgan fingerprint density at radius 3 is 2.50 bits per heavy atom. The lowest BCUT2D eigenvalue weighted by Gasteiger charge is -2.09. The van der Waals surface area contributed by atoms with E-state index in [4.69, 9.17) is 23.2 Å². The molecule has 18 heavy (non-hydrogen) atoms. The third kappa shape index (κ3) is 3.41. The van der Waals surface area contributed by atoms with E-state index < -0.39 is 0 Å². The van der Waals surface area contributed by atoms with E-state index in [1.165, 1.54) is 0 Å². The van der Waals surface area contributed by atoms with Crippen LogP contribution in [0.3, 0.4) is 0 Å². The second kappa shape index (κ2) is 5.96. The first-order chi connectivity index (χ1) is 8.56. The highest BCUT2D eigenvalue weighted by Gasteiger charge is 2.02. The SMILES string of the molecule is Cc1ccc(NCc2ccc(Br)cc2Cl)cc1Cl. The second-order valence-electron chi connectivity index (χ2n) is 4.05. The molecule has 0 amide bonds. The quantitative estimate of drug-likeness (QED) is 0.755. The van der Waals surface area contributed by atoms with Gasteiger partial charge in [0.25, 0.3) is 0 Å². The zero-order valence-electron chi connectivity index (χ0n) is 9.81. The number of rotatable bonds is 3. The fraction of sp³-hybridized carbons (Fsp3) is 0.143. The first kappa shape index (κ1) is 13.7. The summed E-state index contributed by atoms with van der Waals surface area (Å²) in [4.78, 5) is 0. The molecule has 0 fully saturated rings. The van der Waals surface area contributed by atoms with Crippen molar-refractivity contribution in [3.8, 4) is 0 Å². The van der Waals surface area contributed by atoms with Crippen molar-refractivity contribution >= 4 is 44.8 Å². The van der Waals surface area contributed by atoms with E-state index in [2.05, 4.69) is 21.2 Å². The molecule has 2 rings (SSSR count). The highest BCUT2D eigenvalue weighted by Crippen LogP contribution is 2.24. The molecule has 0 aromatic heterocycles. The van der Waals surface area contributed by atoms with Gasteiger partial charge in [0.15, 0.2) is 0 Å². The van der Waals surface area contributed by atoms with Crippen LogP contribution in [0.25, 0.3) is 0 Å². The van der Waals surface area contributed by atoms with Gasteiger partial charge in [0.2, 0.25) is 0 Å². The van der Waals surface area contributed by atoms with Crippen molar-refractivity contribution in [1.29, 1.82) is 0 Å². The number of benzene rings is 2. The highest BCUT2D eigenvalue weighted by atomic mass is 79.9. The molecule has 2 aromatic carbocycles. The molecule has 2 aromatic rings. The van der Waals surface area contributed by atoms with Gasteiger partial charge in [0.1, 0.15) is 0 Å². The molecule has 0 unspecified atom stereocenters. The predicted molar refractivity (Wildman–Crippen MR) is 82.7 cm³/mol. The maximum atomic E-state index is 6.16. The summed E-state index contributed by atoms with van der Waals surface area (Å²) in [5.41, 5.74) is 3.12. The minimum absolute atomic E-state index is 0.672. The molecule has 0 spiro atoms. The minimum atomic E-state index is 0.672. The van der Waals surface area contributed by atoms with Crippen molar-refractivity contribution in [2.45, 2.75) is 13.5 Å². The summed E-state index contributed by atoms with van der Waals surface area (Å²) in [6, 6.07) is 11.8. The van der Waals surface area contributed by atoms with Crippen LogP contribution in [0.4, 0.5) is 5.69 Å². The molecule has 0 aliphatic heterocycles. The third-order valence-electron chi connectivity index (χ3n) is 2.67.